The van der Waals surface area contributed by atoms with Crippen LogP contribution in [0.1, 0.15) is 17.8 Å². The lowest BCUT2D eigenvalue weighted by Crippen LogP contribution is -2.16. The van der Waals surface area contributed by atoms with Crippen LogP contribution in [0.15, 0.2) is 12.4 Å². The molecule has 0 radical (unpaired) electrons. The molecule has 1 heterocycles. The van der Waals surface area contributed by atoms with Gasteiger partial charge in [0.1, 0.15) is 6.33 Å². The SMILES string of the molecule is Cc1cc(CNCCCCl)ncn1. The fourth-order valence-electron chi connectivity index (χ4n) is 1.01. The zero-order valence-electron chi connectivity index (χ0n) is 7.76. The molecule has 0 aliphatic rings. The summed E-state index contributed by atoms with van der Waals surface area (Å²) >= 11 is 5.54. The predicted molar refractivity (Wildman–Crippen MR) is 53.8 cm³/mol. The molecule has 0 bridgehead atoms. The van der Waals surface area contributed by atoms with Crippen LogP contribution in [-0.4, -0.2) is 22.4 Å². The Morgan fingerprint density at radius 1 is 1.46 bits per heavy atom. The van der Waals surface area contributed by atoms with Crippen molar-refractivity contribution in [2.45, 2.75) is 19.9 Å². The van der Waals surface area contributed by atoms with E-state index in [-0.39, 0.29) is 0 Å². The minimum atomic E-state index is 0.704. The van der Waals surface area contributed by atoms with Gasteiger partial charge in [-0.15, -0.1) is 11.6 Å². The molecule has 0 amide bonds. The Hall–Kier alpha value is -0.670. The fraction of sp³-hybridized carbons (Fsp3) is 0.556. The summed E-state index contributed by atoms with van der Waals surface area (Å²) in [6.45, 7) is 3.69. The van der Waals surface area contributed by atoms with Gasteiger partial charge in [0.25, 0.3) is 0 Å². The number of aromatic nitrogens is 2. The molecular formula is C9H14ClN3. The quantitative estimate of drug-likeness (QED) is 0.577. The van der Waals surface area contributed by atoms with Gasteiger partial charge in [-0.05, 0) is 26.0 Å². The molecule has 0 spiro atoms. The second kappa shape index (κ2) is 5.89. The Kier molecular flexibility index (Phi) is 4.72. The Balaban J connectivity index is 2.28. The molecule has 1 N–H and O–H groups in total. The molecule has 0 saturated carbocycles. The summed E-state index contributed by atoms with van der Waals surface area (Å²) in [5.74, 6) is 0.704. The van der Waals surface area contributed by atoms with Crippen LogP contribution in [-0.2, 0) is 6.54 Å². The van der Waals surface area contributed by atoms with Crippen LogP contribution in [0.2, 0.25) is 0 Å². The van der Waals surface area contributed by atoms with Gasteiger partial charge in [-0.1, -0.05) is 0 Å². The predicted octanol–water partition coefficient (Wildman–Crippen LogP) is 1.50. The molecule has 13 heavy (non-hydrogen) atoms. The molecule has 1 aromatic heterocycles. The molecule has 0 saturated heterocycles. The van der Waals surface area contributed by atoms with Gasteiger partial charge in [0.05, 0.1) is 5.69 Å². The average Bonchev–Trinajstić information content (AvgIpc) is 2.13. The summed E-state index contributed by atoms with van der Waals surface area (Å²) in [6.07, 6.45) is 2.58. The largest absolute Gasteiger partial charge is 0.311 e. The lowest BCUT2D eigenvalue weighted by molar-refractivity contribution is 0.664. The number of nitrogens with one attached hydrogen (secondary N) is 1. The molecule has 1 rings (SSSR count). The highest BCUT2D eigenvalue weighted by Crippen LogP contribution is 1.95. The second-order valence-electron chi connectivity index (χ2n) is 2.87. The topological polar surface area (TPSA) is 37.8 Å². The summed E-state index contributed by atoms with van der Waals surface area (Å²) in [5, 5.41) is 3.26. The number of halogens is 1. The van der Waals surface area contributed by atoms with E-state index in [1.54, 1.807) is 6.33 Å². The van der Waals surface area contributed by atoms with E-state index < -0.39 is 0 Å². The van der Waals surface area contributed by atoms with Crippen LogP contribution in [0, 0.1) is 6.92 Å². The Morgan fingerprint density at radius 2 is 2.31 bits per heavy atom. The molecule has 72 valence electrons. The van der Waals surface area contributed by atoms with Gasteiger partial charge < -0.3 is 5.32 Å². The molecule has 4 heteroatoms. The van der Waals surface area contributed by atoms with Crippen molar-refractivity contribution in [1.82, 2.24) is 15.3 Å². The molecule has 0 fully saturated rings. The van der Waals surface area contributed by atoms with Crippen molar-refractivity contribution in [3.05, 3.63) is 23.8 Å². The first-order valence-corrected chi connectivity index (χ1v) is 4.90. The highest BCUT2D eigenvalue weighted by atomic mass is 35.5. The Bertz CT molecular complexity index is 252. The highest BCUT2D eigenvalue weighted by Gasteiger charge is 1.94. The highest BCUT2D eigenvalue weighted by molar-refractivity contribution is 6.17. The average molecular weight is 200 g/mol. The molecule has 0 aromatic carbocycles. The van der Waals surface area contributed by atoms with Crippen LogP contribution in [0.4, 0.5) is 0 Å². The smallest absolute Gasteiger partial charge is 0.115 e. The third-order valence-electron chi connectivity index (χ3n) is 1.65. The van der Waals surface area contributed by atoms with Crippen molar-refractivity contribution in [2.75, 3.05) is 12.4 Å². The van der Waals surface area contributed by atoms with Crippen LogP contribution in [0.5, 0.6) is 0 Å². The molecule has 0 aliphatic heterocycles. The zero-order valence-corrected chi connectivity index (χ0v) is 8.51. The van der Waals surface area contributed by atoms with Crippen molar-refractivity contribution < 1.29 is 0 Å². The van der Waals surface area contributed by atoms with E-state index in [2.05, 4.69) is 15.3 Å². The second-order valence-corrected chi connectivity index (χ2v) is 3.25. The van der Waals surface area contributed by atoms with Gasteiger partial charge in [-0.25, -0.2) is 9.97 Å². The molecule has 0 unspecified atom stereocenters. The van der Waals surface area contributed by atoms with E-state index >= 15 is 0 Å². The van der Waals surface area contributed by atoms with E-state index in [1.807, 2.05) is 13.0 Å². The van der Waals surface area contributed by atoms with Crippen LogP contribution in [0.3, 0.4) is 0 Å². The number of hydrogen-bond donors (Lipinski definition) is 1. The van der Waals surface area contributed by atoms with Crippen molar-refractivity contribution in [3.63, 3.8) is 0 Å². The maximum Gasteiger partial charge on any atom is 0.115 e. The van der Waals surface area contributed by atoms with E-state index in [0.29, 0.717) is 5.88 Å². The summed E-state index contributed by atoms with van der Waals surface area (Å²) in [6, 6.07) is 1.98. The van der Waals surface area contributed by atoms with Crippen molar-refractivity contribution in [1.29, 1.82) is 0 Å². The van der Waals surface area contributed by atoms with Gasteiger partial charge in [0.2, 0.25) is 0 Å². The monoisotopic (exact) mass is 199 g/mol. The normalized spacial score (nSPS) is 10.3. The Morgan fingerprint density at radius 3 is 3.00 bits per heavy atom. The summed E-state index contributed by atoms with van der Waals surface area (Å²) in [4.78, 5) is 8.15. The van der Waals surface area contributed by atoms with Gasteiger partial charge in [-0.2, -0.15) is 0 Å². The number of nitrogens with zero attached hydrogens (tertiary/aromatic N) is 2. The van der Waals surface area contributed by atoms with Gasteiger partial charge in [0.15, 0.2) is 0 Å². The van der Waals surface area contributed by atoms with Crippen molar-refractivity contribution in [3.8, 4) is 0 Å². The Labute approximate surface area is 83.5 Å². The number of hydrogen-bond acceptors (Lipinski definition) is 3. The van der Waals surface area contributed by atoms with E-state index in [1.165, 1.54) is 0 Å². The standard InChI is InChI=1S/C9H14ClN3/c1-8-5-9(13-7-12-8)6-11-4-2-3-10/h5,7,11H,2-4,6H2,1H3. The summed E-state index contributed by atoms with van der Waals surface area (Å²) < 4.78 is 0. The molecular weight excluding hydrogens is 186 g/mol. The van der Waals surface area contributed by atoms with Crippen LogP contribution < -0.4 is 5.32 Å². The fourth-order valence-corrected chi connectivity index (χ4v) is 1.15. The van der Waals surface area contributed by atoms with Gasteiger partial charge in [0, 0.05) is 18.1 Å². The van der Waals surface area contributed by atoms with Crippen molar-refractivity contribution in [2.24, 2.45) is 0 Å². The third-order valence-corrected chi connectivity index (χ3v) is 1.92. The van der Waals surface area contributed by atoms with Gasteiger partial charge >= 0.3 is 0 Å². The zero-order chi connectivity index (χ0) is 9.52. The first-order valence-electron chi connectivity index (χ1n) is 4.37. The third kappa shape index (κ3) is 4.20. The van der Waals surface area contributed by atoms with E-state index in [0.717, 1.165) is 30.9 Å². The molecule has 0 aliphatic carbocycles. The van der Waals surface area contributed by atoms with Crippen LogP contribution in [0.25, 0.3) is 0 Å². The number of alkyl halides is 1. The van der Waals surface area contributed by atoms with Crippen molar-refractivity contribution >= 4 is 11.6 Å². The van der Waals surface area contributed by atoms with Gasteiger partial charge in [-0.3, -0.25) is 0 Å². The summed E-state index contributed by atoms with van der Waals surface area (Å²) in [5.41, 5.74) is 2.03. The van der Waals surface area contributed by atoms with E-state index in [4.69, 9.17) is 11.6 Å². The lowest BCUT2D eigenvalue weighted by atomic mass is 10.3. The first kappa shape index (κ1) is 10.4. The maximum absolute atomic E-state index is 5.54. The van der Waals surface area contributed by atoms with E-state index in [9.17, 15) is 0 Å². The van der Waals surface area contributed by atoms with Crippen LogP contribution >= 0.6 is 11.6 Å². The minimum absolute atomic E-state index is 0.704. The lowest BCUT2D eigenvalue weighted by Gasteiger charge is -2.02. The molecule has 0 atom stereocenters. The number of rotatable bonds is 5. The summed E-state index contributed by atoms with van der Waals surface area (Å²) in [7, 11) is 0. The maximum atomic E-state index is 5.54. The minimum Gasteiger partial charge on any atom is -0.311 e. The number of aryl methyl sites for hydroxylation is 1. The molecule has 3 nitrogen and oxygen atoms in total. The molecule has 1 aromatic rings. The first-order chi connectivity index (χ1) is 6.33.